The van der Waals surface area contributed by atoms with E-state index in [-0.39, 0.29) is 60.6 Å². The third kappa shape index (κ3) is 8.92. The van der Waals surface area contributed by atoms with E-state index in [0.717, 1.165) is 77.2 Å². The van der Waals surface area contributed by atoms with Crippen molar-refractivity contribution in [3.8, 4) is 6.07 Å². The summed E-state index contributed by atoms with van der Waals surface area (Å²) in [7, 11) is 1.70. The molecule has 6 heterocycles. The molecule has 9 aliphatic rings. The molecule has 0 bridgehead atoms. The number of nitriles is 1. The second-order valence-corrected chi connectivity index (χ2v) is 22.0. The molecular formula is C45H76N10O3S. The van der Waals surface area contributed by atoms with Gasteiger partial charge in [0.05, 0.1) is 60.0 Å². The van der Waals surface area contributed by atoms with Crippen molar-refractivity contribution in [1.29, 1.82) is 5.26 Å². The fourth-order valence-electron chi connectivity index (χ4n) is 13.1. The Bertz CT molecular complexity index is 1520. The third-order valence-corrected chi connectivity index (χ3v) is 18.7. The van der Waals surface area contributed by atoms with E-state index in [9.17, 15) is 10.1 Å². The zero-order chi connectivity index (χ0) is 40.8. The average Bonchev–Trinajstić information content (AvgIpc) is 3.92. The number of aliphatic imine (C=N–C) groups is 1. The largest absolute Gasteiger partial charge is 0.380 e. The first-order valence-electron chi connectivity index (χ1n) is 24.0. The average molecular weight is 837 g/mol. The van der Waals surface area contributed by atoms with E-state index < -0.39 is 0 Å². The Labute approximate surface area is 359 Å². The SMILES string of the molecule is COC1CC(OC2CCC(NC(=O)C3CNC(N4CCC5(CCN(C6CCC(C7=N[C@@H](C)C8NNC(C)N8C8SC(C)C(C)C78)CC6)CC5)C4)NC3)CC2)CCC1C#N. The van der Waals surface area contributed by atoms with Gasteiger partial charge in [0.25, 0.3) is 0 Å². The van der Waals surface area contributed by atoms with Gasteiger partial charge in [-0.1, -0.05) is 13.8 Å². The summed E-state index contributed by atoms with van der Waals surface area (Å²) in [6, 6.07) is 3.61. The van der Waals surface area contributed by atoms with Crippen molar-refractivity contribution >= 4 is 23.4 Å². The lowest BCUT2D eigenvalue weighted by Gasteiger charge is -2.45. The van der Waals surface area contributed by atoms with Gasteiger partial charge in [0.2, 0.25) is 5.91 Å². The Morgan fingerprint density at radius 3 is 2.29 bits per heavy atom. The lowest BCUT2D eigenvalue weighted by Crippen LogP contribution is -2.63. The fraction of sp³-hybridized carbons (Fsp3) is 0.933. The maximum Gasteiger partial charge on any atom is 0.225 e. The monoisotopic (exact) mass is 837 g/mol. The summed E-state index contributed by atoms with van der Waals surface area (Å²) in [5.74, 6) is 1.96. The molecule has 0 radical (unpaired) electrons. The van der Waals surface area contributed by atoms with Gasteiger partial charge in [0.15, 0.2) is 0 Å². The van der Waals surface area contributed by atoms with Gasteiger partial charge in [-0.25, -0.2) is 10.9 Å². The number of hydrogen-bond acceptors (Lipinski definition) is 13. The van der Waals surface area contributed by atoms with Crippen LogP contribution in [0.2, 0.25) is 0 Å². The number of amides is 1. The van der Waals surface area contributed by atoms with Crippen LogP contribution in [0, 0.1) is 46.3 Å². The van der Waals surface area contributed by atoms with Gasteiger partial charge in [0, 0.05) is 68.7 Å². The molecule has 59 heavy (non-hydrogen) atoms. The minimum atomic E-state index is -0.0460. The molecule has 10 atom stereocenters. The maximum absolute atomic E-state index is 13.4. The molecule has 3 aliphatic carbocycles. The van der Waals surface area contributed by atoms with Gasteiger partial charge < -0.3 is 19.7 Å². The number of rotatable bonds is 8. The van der Waals surface area contributed by atoms with Crippen LogP contribution in [0.25, 0.3) is 0 Å². The van der Waals surface area contributed by atoms with Crippen molar-refractivity contribution in [2.75, 3.05) is 46.4 Å². The molecule has 5 saturated heterocycles. The van der Waals surface area contributed by atoms with Gasteiger partial charge in [-0.2, -0.15) is 5.26 Å². The normalized spacial score (nSPS) is 45.9. The predicted octanol–water partition coefficient (Wildman–Crippen LogP) is 4.22. The zero-order valence-electron chi connectivity index (χ0n) is 36.7. The van der Waals surface area contributed by atoms with Crippen LogP contribution < -0.4 is 26.8 Å². The Morgan fingerprint density at radius 2 is 1.59 bits per heavy atom. The Kier molecular flexibility index (Phi) is 13.4. The quantitative estimate of drug-likeness (QED) is 0.239. The highest BCUT2D eigenvalue weighted by Gasteiger charge is 2.54. The van der Waals surface area contributed by atoms with E-state index in [1.54, 1.807) is 12.8 Å². The molecule has 9 unspecified atom stereocenters. The molecule has 3 saturated carbocycles. The van der Waals surface area contributed by atoms with Gasteiger partial charge >= 0.3 is 0 Å². The van der Waals surface area contributed by atoms with Crippen molar-refractivity contribution in [1.82, 2.24) is 41.5 Å². The summed E-state index contributed by atoms with van der Waals surface area (Å²) in [4.78, 5) is 27.2. The summed E-state index contributed by atoms with van der Waals surface area (Å²) < 4.78 is 12.1. The minimum absolute atomic E-state index is 0.0225. The van der Waals surface area contributed by atoms with Crippen molar-refractivity contribution in [2.24, 2.45) is 40.0 Å². The maximum atomic E-state index is 13.4. The van der Waals surface area contributed by atoms with Crippen LogP contribution in [0.1, 0.15) is 118 Å². The fourth-order valence-corrected chi connectivity index (χ4v) is 15.0. The molecule has 6 aliphatic heterocycles. The topological polar surface area (TPSA) is 142 Å². The number of nitrogens with one attached hydrogen (secondary N) is 5. The first-order valence-corrected chi connectivity index (χ1v) is 24.9. The zero-order valence-corrected chi connectivity index (χ0v) is 37.6. The Balaban J connectivity index is 0.685. The van der Waals surface area contributed by atoms with Crippen molar-refractivity contribution in [3.63, 3.8) is 0 Å². The highest BCUT2D eigenvalue weighted by atomic mass is 32.2. The molecule has 14 heteroatoms. The molecule has 0 aromatic heterocycles. The predicted molar refractivity (Wildman–Crippen MR) is 233 cm³/mol. The molecule has 8 fully saturated rings. The molecule has 0 aromatic carbocycles. The number of hydrogen-bond donors (Lipinski definition) is 5. The van der Waals surface area contributed by atoms with Crippen LogP contribution in [0.3, 0.4) is 0 Å². The Hall–Kier alpha value is -1.38. The van der Waals surface area contributed by atoms with Crippen LogP contribution in [0.5, 0.6) is 0 Å². The first-order chi connectivity index (χ1) is 28.6. The molecule has 5 N–H and O–H groups in total. The molecule has 1 spiro atoms. The number of thioether (sulfide) groups is 1. The Morgan fingerprint density at radius 1 is 0.898 bits per heavy atom. The third-order valence-electron chi connectivity index (χ3n) is 17.0. The van der Waals surface area contributed by atoms with E-state index >= 15 is 0 Å². The number of carbonyl (C=O) groups is 1. The summed E-state index contributed by atoms with van der Waals surface area (Å²) in [6.45, 7) is 15.8. The van der Waals surface area contributed by atoms with Crippen LogP contribution >= 0.6 is 11.8 Å². The number of methoxy groups -OCH3 is 1. The van der Waals surface area contributed by atoms with Gasteiger partial charge in [-0.3, -0.25) is 30.2 Å². The van der Waals surface area contributed by atoms with E-state index in [4.69, 9.17) is 14.5 Å². The van der Waals surface area contributed by atoms with E-state index in [0.29, 0.717) is 40.0 Å². The smallest absolute Gasteiger partial charge is 0.225 e. The number of piperidine rings is 1. The minimum Gasteiger partial charge on any atom is -0.380 e. The highest BCUT2D eigenvalue weighted by Crippen LogP contribution is 2.51. The summed E-state index contributed by atoms with van der Waals surface area (Å²) in [5, 5.41) is 21.4. The molecular weight excluding hydrogens is 761 g/mol. The molecule has 0 aromatic rings. The number of nitrogens with zero attached hydrogens (tertiary/aromatic N) is 5. The van der Waals surface area contributed by atoms with Gasteiger partial charge in [-0.15, -0.1) is 11.8 Å². The van der Waals surface area contributed by atoms with Crippen molar-refractivity contribution < 1.29 is 14.3 Å². The number of fused-ring (bicyclic) bond motifs is 3. The van der Waals surface area contributed by atoms with E-state index in [1.807, 2.05) is 0 Å². The van der Waals surface area contributed by atoms with E-state index in [1.165, 1.54) is 58.0 Å². The van der Waals surface area contributed by atoms with Crippen LogP contribution in [0.15, 0.2) is 4.99 Å². The van der Waals surface area contributed by atoms with Crippen LogP contribution in [0.4, 0.5) is 0 Å². The molecule has 9 rings (SSSR count). The van der Waals surface area contributed by atoms with Gasteiger partial charge in [0.1, 0.15) is 6.29 Å². The lowest BCUT2D eigenvalue weighted by molar-refractivity contribution is -0.127. The number of likely N-dealkylation sites (tertiary alicyclic amines) is 2. The number of carbonyl (C=O) groups excluding carboxylic acids is 1. The van der Waals surface area contributed by atoms with Crippen LogP contribution in [-0.2, 0) is 14.3 Å². The van der Waals surface area contributed by atoms with Crippen LogP contribution in [-0.4, -0.2) is 138 Å². The van der Waals surface area contributed by atoms with Crippen molar-refractivity contribution in [3.05, 3.63) is 0 Å². The van der Waals surface area contributed by atoms with Crippen molar-refractivity contribution in [2.45, 2.75) is 183 Å². The summed E-state index contributed by atoms with van der Waals surface area (Å²) in [5.41, 5.74) is 9.11. The summed E-state index contributed by atoms with van der Waals surface area (Å²) >= 11 is 2.19. The number of hydrazine groups is 1. The second kappa shape index (κ2) is 18.4. The molecule has 13 nitrogen and oxygen atoms in total. The standard InChI is InChI=1S/C45H76N10O3S/c1-27-29(3)59-43-39(27)40(49-28(2)41-52-51-30(4)55(41)43)31-6-11-35(12-7-31)53-19-16-45(17-20-53)18-21-54(26-45)44-47-24-33(25-48-44)42(56)50-34-9-14-36(15-10-34)58-37-13-8-32(23-46)38(22-37)57-5/h27-39,41,43-44,47-48,51-52H,6-22,24-26H2,1-5H3,(H,50,56)/t27?,28-,29?,30?,31?,32?,33?,34?,35?,36?,37?,38?,39?,41?,43?,44?/m0/s1. The van der Waals surface area contributed by atoms with E-state index in [2.05, 4.69) is 87.0 Å². The highest BCUT2D eigenvalue weighted by molar-refractivity contribution is 8.00. The number of ether oxygens (including phenoxy) is 2. The second-order valence-electron chi connectivity index (χ2n) is 20.5. The van der Waals surface area contributed by atoms with Gasteiger partial charge in [-0.05, 0) is 128 Å². The first kappa shape index (κ1) is 42.9. The molecule has 330 valence electrons. The lowest BCUT2D eigenvalue weighted by atomic mass is 9.73. The summed E-state index contributed by atoms with van der Waals surface area (Å²) in [6.07, 6.45) is 16.7. The molecule has 1 amide bonds.